The zero-order valence-electron chi connectivity index (χ0n) is 12.5. The molecule has 0 aliphatic carbocycles. The Bertz CT molecular complexity index is 403. The van der Waals surface area contributed by atoms with E-state index in [-0.39, 0.29) is 6.10 Å². The molecule has 1 unspecified atom stereocenters. The fraction of sp³-hybridized carbons (Fsp3) is 0.625. The minimum absolute atomic E-state index is 0.224. The van der Waals surface area contributed by atoms with Crippen LogP contribution in [0.2, 0.25) is 0 Å². The van der Waals surface area contributed by atoms with Crippen LogP contribution in [0, 0.1) is 0 Å². The Morgan fingerprint density at radius 2 is 2.25 bits per heavy atom. The van der Waals surface area contributed by atoms with Gasteiger partial charge in [-0.25, -0.2) is 0 Å². The molecule has 112 valence electrons. The summed E-state index contributed by atoms with van der Waals surface area (Å²) in [6, 6.07) is 5.98. The van der Waals surface area contributed by atoms with E-state index in [1.54, 1.807) is 7.11 Å². The molecular weight excluding hydrogens is 254 g/mol. The van der Waals surface area contributed by atoms with Gasteiger partial charge in [0.05, 0.1) is 13.2 Å². The molecule has 1 aliphatic rings. The highest BCUT2D eigenvalue weighted by Gasteiger charge is 2.15. The quantitative estimate of drug-likeness (QED) is 0.833. The molecule has 1 saturated heterocycles. The number of benzene rings is 1. The standard InChI is InChI=1S/C16H25NO3/c1-3-17-11-13-7-8-14(18-2)10-16(13)20-12-15-6-4-5-9-19-15/h7-8,10,15,17H,3-6,9,11-12H2,1-2H3. The normalized spacial score (nSPS) is 18.8. The first-order chi connectivity index (χ1) is 9.83. The second kappa shape index (κ2) is 8.12. The molecule has 1 N–H and O–H groups in total. The Morgan fingerprint density at radius 3 is 2.95 bits per heavy atom. The smallest absolute Gasteiger partial charge is 0.127 e. The summed E-state index contributed by atoms with van der Waals surface area (Å²) in [7, 11) is 1.67. The zero-order chi connectivity index (χ0) is 14.2. The Labute approximate surface area is 121 Å². The van der Waals surface area contributed by atoms with Gasteiger partial charge in [0.25, 0.3) is 0 Å². The van der Waals surface area contributed by atoms with Gasteiger partial charge in [0.2, 0.25) is 0 Å². The van der Waals surface area contributed by atoms with Crippen molar-refractivity contribution in [1.82, 2.24) is 5.32 Å². The fourth-order valence-corrected chi connectivity index (χ4v) is 2.32. The highest BCUT2D eigenvalue weighted by molar-refractivity contribution is 5.40. The minimum atomic E-state index is 0.224. The predicted octanol–water partition coefficient (Wildman–Crippen LogP) is 2.75. The van der Waals surface area contributed by atoms with Gasteiger partial charge < -0.3 is 19.5 Å². The Morgan fingerprint density at radius 1 is 1.35 bits per heavy atom. The number of nitrogens with one attached hydrogen (secondary N) is 1. The Balaban J connectivity index is 1.98. The molecule has 2 rings (SSSR count). The molecule has 4 heteroatoms. The van der Waals surface area contributed by atoms with Gasteiger partial charge >= 0.3 is 0 Å². The molecule has 0 aromatic heterocycles. The first-order valence-corrected chi connectivity index (χ1v) is 7.45. The van der Waals surface area contributed by atoms with E-state index in [0.717, 1.165) is 43.2 Å². The van der Waals surface area contributed by atoms with Gasteiger partial charge in [-0.2, -0.15) is 0 Å². The lowest BCUT2D eigenvalue weighted by Gasteiger charge is -2.23. The van der Waals surface area contributed by atoms with Crippen molar-refractivity contribution in [1.29, 1.82) is 0 Å². The molecule has 20 heavy (non-hydrogen) atoms. The van der Waals surface area contributed by atoms with Crippen LogP contribution in [0.4, 0.5) is 0 Å². The highest BCUT2D eigenvalue weighted by Crippen LogP contribution is 2.26. The molecule has 1 heterocycles. The molecule has 1 aromatic rings. The maximum absolute atomic E-state index is 5.97. The van der Waals surface area contributed by atoms with Gasteiger partial charge in [-0.3, -0.25) is 0 Å². The van der Waals surface area contributed by atoms with Crippen LogP contribution < -0.4 is 14.8 Å². The van der Waals surface area contributed by atoms with Crippen molar-refractivity contribution in [3.05, 3.63) is 23.8 Å². The lowest BCUT2D eigenvalue weighted by atomic mass is 10.1. The summed E-state index contributed by atoms with van der Waals surface area (Å²) in [6.07, 6.45) is 3.71. The van der Waals surface area contributed by atoms with Crippen LogP contribution in [0.25, 0.3) is 0 Å². The third-order valence-corrected chi connectivity index (χ3v) is 3.54. The zero-order valence-corrected chi connectivity index (χ0v) is 12.5. The van der Waals surface area contributed by atoms with Crippen LogP contribution in [0.5, 0.6) is 11.5 Å². The summed E-state index contributed by atoms with van der Waals surface area (Å²) in [6.45, 7) is 5.32. The lowest BCUT2D eigenvalue weighted by molar-refractivity contribution is -0.0112. The summed E-state index contributed by atoms with van der Waals surface area (Å²) in [5, 5.41) is 3.33. The molecule has 0 bridgehead atoms. The van der Waals surface area contributed by atoms with Crippen molar-refractivity contribution in [2.24, 2.45) is 0 Å². The van der Waals surface area contributed by atoms with Crippen molar-refractivity contribution in [3.8, 4) is 11.5 Å². The predicted molar refractivity (Wildman–Crippen MR) is 79.5 cm³/mol. The Kier molecular flexibility index (Phi) is 6.15. The van der Waals surface area contributed by atoms with Crippen molar-refractivity contribution in [2.75, 3.05) is 26.9 Å². The van der Waals surface area contributed by atoms with Crippen LogP contribution in [0.15, 0.2) is 18.2 Å². The van der Waals surface area contributed by atoms with E-state index in [1.807, 2.05) is 12.1 Å². The second-order valence-corrected chi connectivity index (χ2v) is 5.05. The van der Waals surface area contributed by atoms with Crippen molar-refractivity contribution >= 4 is 0 Å². The van der Waals surface area contributed by atoms with Gasteiger partial charge in [0, 0.05) is 24.8 Å². The molecule has 1 atom stereocenters. The first-order valence-electron chi connectivity index (χ1n) is 7.45. The minimum Gasteiger partial charge on any atom is -0.497 e. The molecule has 1 aliphatic heterocycles. The topological polar surface area (TPSA) is 39.7 Å². The average Bonchev–Trinajstić information content (AvgIpc) is 2.52. The van der Waals surface area contributed by atoms with E-state index in [0.29, 0.717) is 6.61 Å². The summed E-state index contributed by atoms with van der Waals surface area (Å²) in [5.41, 5.74) is 1.16. The Hall–Kier alpha value is -1.26. The largest absolute Gasteiger partial charge is 0.497 e. The third kappa shape index (κ3) is 4.39. The monoisotopic (exact) mass is 279 g/mol. The van der Waals surface area contributed by atoms with E-state index in [4.69, 9.17) is 14.2 Å². The van der Waals surface area contributed by atoms with E-state index in [2.05, 4.69) is 18.3 Å². The molecular formula is C16H25NO3. The van der Waals surface area contributed by atoms with E-state index < -0.39 is 0 Å². The summed E-state index contributed by atoms with van der Waals surface area (Å²) >= 11 is 0. The number of hydrogen-bond donors (Lipinski definition) is 1. The van der Waals surface area contributed by atoms with Gasteiger partial charge in [-0.1, -0.05) is 13.0 Å². The fourth-order valence-electron chi connectivity index (χ4n) is 2.32. The summed E-state index contributed by atoms with van der Waals surface area (Å²) < 4.78 is 17.0. The number of hydrogen-bond acceptors (Lipinski definition) is 4. The molecule has 1 fully saturated rings. The van der Waals surface area contributed by atoms with Gasteiger partial charge in [-0.05, 0) is 31.9 Å². The molecule has 4 nitrogen and oxygen atoms in total. The molecule has 0 radical (unpaired) electrons. The highest BCUT2D eigenvalue weighted by atomic mass is 16.5. The first kappa shape index (κ1) is 15.1. The molecule has 0 amide bonds. The average molecular weight is 279 g/mol. The summed E-state index contributed by atoms with van der Waals surface area (Å²) in [5.74, 6) is 1.71. The van der Waals surface area contributed by atoms with Crippen LogP contribution in [0.1, 0.15) is 31.7 Å². The SMILES string of the molecule is CCNCc1ccc(OC)cc1OCC1CCCCO1. The molecule has 0 saturated carbocycles. The van der Waals surface area contributed by atoms with Crippen LogP contribution in [0.3, 0.4) is 0 Å². The number of ether oxygens (including phenoxy) is 3. The van der Waals surface area contributed by atoms with Crippen molar-refractivity contribution in [2.45, 2.75) is 38.8 Å². The van der Waals surface area contributed by atoms with Crippen LogP contribution >= 0.6 is 0 Å². The molecule has 1 aromatic carbocycles. The summed E-state index contributed by atoms with van der Waals surface area (Å²) in [4.78, 5) is 0. The third-order valence-electron chi connectivity index (χ3n) is 3.54. The van der Waals surface area contributed by atoms with Gasteiger partial charge in [-0.15, -0.1) is 0 Å². The maximum Gasteiger partial charge on any atom is 0.127 e. The van der Waals surface area contributed by atoms with E-state index in [1.165, 1.54) is 12.8 Å². The van der Waals surface area contributed by atoms with Crippen LogP contribution in [-0.2, 0) is 11.3 Å². The van der Waals surface area contributed by atoms with E-state index >= 15 is 0 Å². The maximum atomic E-state index is 5.97. The lowest BCUT2D eigenvalue weighted by Crippen LogP contribution is -2.26. The van der Waals surface area contributed by atoms with Crippen LogP contribution in [-0.4, -0.2) is 33.0 Å². The van der Waals surface area contributed by atoms with Gasteiger partial charge in [0.15, 0.2) is 0 Å². The second-order valence-electron chi connectivity index (χ2n) is 5.05. The van der Waals surface area contributed by atoms with E-state index in [9.17, 15) is 0 Å². The number of methoxy groups -OCH3 is 1. The molecule has 0 spiro atoms. The van der Waals surface area contributed by atoms with Crippen molar-refractivity contribution in [3.63, 3.8) is 0 Å². The van der Waals surface area contributed by atoms with Gasteiger partial charge in [0.1, 0.15) is 18.1 Å². The number of rotatable bonds is 7. The van der Waals surface area contributed by atoms with Crippen molar-refractivity contribution < 1.29 is 14.2 Å².